The summed E-state index contributed by atoms with van der Waals surface area (Å²) in [7, 11) is 0. The SMILES string of the molecule is O=C(NC1CCN(CCn2ncc3ccccc32)CC1)OCc1ccccc1. The second kappa shape index (κ2) is 8.89. The summed E-state index contributed by atoms with van der Waals surface area (Å²) in [5.74, 6) is 0. The molecule has 2 heterocycles. The van der Waals surface area contributed by atoms with Crippen molar-refractivity contribution in [1.29, 1.82) is 0 Å². The maximum atomic E-state index is 12.0. The number of nitrogens with one attached hydrogen (secondary N) is 1. The third-order valence-electron chi connectivity index (χ3n) is 5.30. The van der Waals surface area contributed by atoms with Crippen LogP contribution in [0.25, 0.3) is 10.9 Å². The van der Waals surface area contributed by atoms with E-state index in [1.807, 2.05) is 42.6 Å². The predicted octanol–water partition coefficient (Wildman–Crippen LogP) is 3.43. The molecule has 1 saturated heterocycles. The van der Waals surface area contributed by atoms with Gasteiger partial charge >= 0.3 is 6.09 Å². The number of fused-ring (bicyclic) bond motifs is 1. The van der Waals surface area contributed by atoms with Crippen molar-refractivity contribution in [1.82, 2.24) is 20.0 Å². The largest absolute Gasteiger partial charge is 0.445 e. The first-order chi connectivity index (χ1) is 13.8. The molecule has 0 aliphatic carbocycles. The van der Waals surface area contributed by atoms with E-state index in [0.717, 1.165) is 44.6 Å². The molecule has 4 rings (SSSR count). The molecule has 3 aromatic rings. The highest BCUT2D eigenvalue weighted by atomic mass is 16.5. The maximum Gasteiger partial charge on any atom is 0.407 e. The molecular weight excluding hydrogens is 352 g/mol. The first-order valence-corrected chi connectivity index (χ1v) is 9.88. The van der Waals surface area contributed by atoms with Crippen LogP contribution >= 0.6 is 0 Å². The molecule has 28 heavy (non-hydrogen) atoms. The van der Waals surface area contributed by atoms with Crippen LogP contribution in [-0.2, 0) is 17.9 Å². The smallest absolute Gasteiger partial charge is 0.407 e. The quantitative estimate of drug-likeness (QED) is 0.714. The van der Waals surface area contributed by atoms with Crippen molar-refractivity contribution in [3.8, 4) is 0 Å². The first-order valence-electron chi connectivity index (χ1n) is 9.88. The fourth-order valence-electron chi connectivity index (χ4n) is 3.67. The van der Waals surface area contributed by atoms with E-state index in [2.05, 4.69) is 38.2 Å². The molecule has 0 bridgehead atoms. The number of nitrogens with zero attached hydrogens (tertiary/aromatic N) is 3. The Morgan fingerprint density at radius 3 is 2.61 bits per heavy atom. The summed E-state index contributed by atoms with van der Waals surface area (Å²) in [4.78, 5) is 14.4. The van der Waals surface area contributed by atoms with Crippen molar-refractivity contribution < 1.29 is 9.53 Å². The topological polar surface area (TPSA) is 59.4 Å². The Hall–Kier alpha value is -2.86. The van der Waals surface area contributed by atoms with Crippen LogP contribution in [0, 0.1) is 0 Å². The van der Waals surface area contributed by atoms with E-state index in [1.165, 1.54) is 10.9 Å². The van der Waals surface area contributed by atoms with Gasteiger partial charge in [-0.15, -0.1) is 0 Å². The third kappa shape index (κ3) is 4.70. The lowest BCUT2D eigenvalue weighted by atomic mass is 10.1. The molecule has 1 amide bonds. The number of hydrogen-bond donors (Lipinski definition) is 1. The number of alkyl carbamates (subject to hydrolysis) is 1. The minimum absolute atomic E-state index is 0.185. The van der Waals surface area contributed by atoms with E-state index < -0.39 is 0 Å². The van der Waals surface area contributed by atoms with Gasteiger partial charge in [-0.2, -0.15) is 5.10 Å². The number of likely N-dealkylation sites (tertiary alicyclic amines) is 1. The van der Waals surface area contributed by atoms with Crippen LogP contribution in [0.5, 0.6) is 0 Å². The molecule has 1 N–H and O–H groups in total. The minimum atomic E-state index is -0.328. The highest BCUT2D eigenvalue weighted by molar-refractivity contribution is 5.78. The highest BCUT2D eigenvalue weighted by Crippen LogP contribution is 2.14. The van der Waals surface area contributed by atoms with Gasteiger partial charge in [0.2, 0.25) is 0 Å². The predicted molar refractivity (Wildman–Crippen MR) is 109 cm³/mol. The second-order valence-corrected chi connectivity index (χ2v) is 7.25. The Morgan fingerprint density at radius 1 is 1.04 bits per heavy atom. The van der Waals surface area contributed by atoms with Gasteiger partial charge in [-0.25, -0.2) is 4.79 Å². The van der Waals surface area contributed by atoms with Gasteiger partial charge in [-0.05, 0) is 24.5 Å². The number of aromatic nitrogens is 2. The Balaban J connectivity index is 1.18. The van der Waals surface area contributed by atoms with E-state index in [4.69, 9.17) is 4.74 Å². The normalized spacial score (nSPS) is 15.6. The zero-order valence-corrected chi connectivity index (χ0v) is 16.0. The Bertz CT molecular complexity index is 901. The number of carbonyl (C=O) groups excluding carboxylic acids is 1. The summed E-state index contributed by atoms with van der Waals surface area (Å²) in [6.07, 6.45) is 3.48. The number of ether oxygens (including phenoxy) is 1. The molecule has 6 nitrogen and oxygen atoms in total. The molecule has 2 aromatic carbocycles. The van der Waals surface area contributed by atoms with E-state index in [0.29, 0.717) is 6.61 Å². The van der Waals surface area contributed by atoms with Crippen molar-refractivity contribution in [2.75, 3.05) is 19.6 Å². The molecule has 0 saturated carbocycles. The molecule has 0 spiro atoms. The fraction of sp³-hybridized carbons (Fsp3) is 0.364. The lowest BCUT2D eigenvalue weighted by molar-refractivity contribution is 0.126. The number of hydrogen-bond acceptors (Lipinski definition) is 4. The second-order valence-electron chi connectivity index (χ2n) is 7.25. The molecule has 1 aliphatic rings. The molecule has 146 valence electrons. The van der Waals surface area contributed by atoms with Gasteiger partial charge in [-0.3, -0.25) is 4.68 Å². The molecule has 6 heteroatoms. The minimum Gasteiger partial charge on any atom is -0.445 e. The van der Waals surface area contributed by atoms with Crippen molar-refractivity contribution in [2.45, 2.75) is 32.0 Å². The van der Waals surface area contributed by atoms with Gasteiger partial charge in [0.1, 0.15) is 6.61 Å². The average Bonchev–Trinajstić information content (AvgIpc) is 3.16. The molecule has 1 fully saturated rings. The van der Waals surface area contributed by atoms with Crippen molar-refractivity contribution in [3.63, 3.8) is 0 Å². The highest BCUT2D eigenvalue weighted by Gasteiger charge is 2.21. The summed E-state index contributed by atoms with van der Waals surface area (Å²) in [5.41, 5.74) is 2.18. The Kier molecular flexibility index (Phi) is 5.87. The average molecular weight is 378 g/mol. The number of benzene rings is 2. The summed E-state index contributed by atoms with van der Waals surface area (Å²) in [6, 6.07) is 18.2. The van der Waals surface area contributed by atoms with E-state index >= 15 is 0 Å². The maximum absolute atomic E-state index is 12.0. The Labute approximate surface area is 165 Å². The number of piperidine rings is 1. The number of amides is 1. The summed E-state index contributed by atoms with van der Waals surface area (Å²) in [6.45, 7) is 4.11. The first kappa shape index (κ1) is 18.5. The van der Waals surface area contributed by atoms with Crippen LogP contribution in [0.2, 0.25) is 0 Å². The van der Waals surface area contributed by atoms with Crippen LogP contribution in [0.1, 0.15) is 18.4 Å². The molecule has 1 aliphatic heterocycles. The van der Waals surface area contributed by atoms with E-state index in [9.17, 15) is 4.79 Å². The summed E-state index contributed by atoms with van der Waals surface area (Å²) < 4.78 is 7.39. The molecular formula is C22H26N4O2. The van der Waals surface area contributed by atoms with Crippen LogP contribution in [-0.4, -0.2) is 46.4 Å². The standard InChI is InChI=1S/C22H26N4O2/c27-22(28-17-18-6-2-1-3-7-18)24-20-10-12-25(13-11-20)14-15-26-21-9-5-4-8-19(21)16-23-26/h1-9,16,20H,10-15,17H2,(H,24,27). The molecule has 1 aromatic heterocycles. The zero-order valence-electron chi connectivity index (χ0n) is 16.0. The van der Waals surface area contributed by atoms with Crippen molar-refractivity contribution in [2.24, 2.45) is 0 Å². The zero-order chi connectivity index (χ0) is 19.2. The van der Waals surface area contributed by atoms with E-state index in [1.54, 1.807) is 0 Å². The number of para-hydroxylation sites is 1. The van der Waals surface area contributed by atoms with Gasteiger partial charge in [-0.1, -0.05) is 48.5 Å². The third-order valence-corrected chi connectivity index (χ3v) is 5.30. The Morgan fingerprint density at radius 2 is 1.79 bits per heavy atom. The molecule has 0 radical (unpaired) electrons. The fourth-order valence-corrected chi connectivity index (χ4v) is 3.67. The van der Waals surface area contributed by atoms with Gasteiger partial charge in [0.25, 0.3) is 0 Å². The lowest BCUT2D eigenvalue weighted by Crippen LogP contribution is -2.45. The monoisotopic (exact) mass is 378 g/mol. The van der Waals surface area contributed by atoms with Gasteiger partial charge in [0.05, 0.1) is 18.3 Å². The van der Waals surface area contributed by atoms with Gasteiger partial charge in [0.15, 0.2) is 0 Å². The van der Waals surface area contributed by atoms with Gasteiger partial charge in [0, 0.05) is 31.1 Å². The summed E-state index contributed by atoms with van der Waals surface area (Å²) in [5, 5.41) is 8.67. The number of carbonyl (C=O) groups is 1. The van der Waals surface area contributed by atoms with Crippen molar-refractivity contribution in [3.05, 3.63) is 66.4 Å². The van der Waals surface area contributed by atoms with Crippen LogP contribution in [0.3, 0.4) is 0 Å². The van der Waals surface area contributed by atoms with Crippen LogP contribution < -0.4 is 5.32 Å². The summed E-state index contributed by atoms with van der Waals surface area (Å²) >= 11 is 0. The lowest BCUT2D eigenvalue weighted by Gasteiger charge is -2.32. The van der Waals surface area contributed by atoms with Crippen LogP contribution in [0.4, 0.5) is 4.79 Å². The van der Waals surface area contributed by atoms with E-state index in [-0.39, 0.29) is 12.1 Å². The van der Waals surface area contributed by atoms with Crippen LogP contribution in [0.15, 0.2) is 60.8 Å². The van der Waals surface area contributed by atoms with Crippen molar-refractivity contribution >= 4 is 17.0 Å². The molecule has 0 atom stereocenters. The molecule has 0 unspecified atom stereocenters. The number of rotatable bonds is 6. The van der Waals surface area contributed by atoms with Gasteiger partial charge < -0.3 is 15.0 Å².